The number of hydrogen-bond donors (Lipinski definition) is 0. The van der Waals surface area contributed by atoms with Crippen molar-refractivity contribution in [2.75, 3.05) is 0 Å². The molecular formula is C13H15Cl. The Morgan fingerprint density at radius 1 is 1.00 bits per heavy atom. The summed E-state index contributed by atoms with van der Waals surface area (Å²) in [4.78, 5) is 0. The fourth-order valence-corrected chi connectivity index (χ4v) is 2.32. The van der Waals surface area contributed by atoms with Gasteiger partial charge in [0.05, 0.1) is 0 Å². The molecule has 0 radical (unpaired) electrons. The van der Waals surface area contributed by atoms with Crippen LogP contribution in [0.25, 0.3) is 0 Å². The summed E-state index contributed by atoms with van der Waals surface area (Å²) in [7, 11) is 0. The minimum atomic E-state index is 0.467. The van der Waals surface area contributed by atoms with Gasteiger partial charge in [-0.2, -0.15) is 0 Å². The molecule has 2 aliphatic carbocycles. The molecule has 0 aromatic carbocycles. The standard InChI is InChI=1S/C13H15Cl/c14-13-10-4-2-1-3-9-12(13)11-7-5-6-8-11/h1-2,5-8,11H,3-4,9-10H2. The van der Waals surface area contributed by atoms with Crippen molar-refractivity contribution in [3.05, 3.63) is 47.1 Å². The second-order valence-corrected chi connectivity index (χ2v) is 4.23. The topological polar surface area (TPSA) is 0 Å². The summed E-state index contributed by atoms with van der Waals surface area (Å²) in [5, 5.41) is 1.08. The van der Waals surface area contributed by atoms with Crippen LogP contribution in [0.15, 0.2) is 47.1 Å². The summed E-state index contributed by atoms with van der Waals surface area (Å²) < 4.78 is 0. The molecule has 0 spiro atoms. The lowest BCUT2D eigenvalue weighted by atomic mass is 9.93. The Labute approximate surface area is 90.7 Å². The van der Waals surface area contributed by atoms with Gasteiger partial charge in [-0.15, -0.1) is 0 Å². The maximum absolute atomic E-state index is 6.32. The SMILES string of the molecule is ClC1=C(C2C=CC=C2)CCC=CCC1. The lowest BCUT2D eigenvalue weighted by molar-refractivity contribution is 0.809. The first-order chi connectivity index (χ1) is 6.88. The maximum Gasteiger partial charge on any atom is 0.0185 e. The van der Waals surface area contributed by atoms with Gasteiger partial charge in [-0.25, -0.2) is 0 Å². The molecule has 74 valence electrons. The highest BCUT2D eigenvalue weighted by Crippen LogP contribution is 2.31. The van der Waals surface area contributed by atoms with Gasteiger partial charge in [-0.1, -0.05) is 48.1 Å². The predicted octanol–water partition coefficient (Wildman–Crippen LogP) is 4.35. The molecule has 0 atom stereocenters. The number of halogens is 1. The lowest BCUT2D eigenvalue weighted by Gasteiger charge is -2.15. The van der Waals surface area contributed by atoms with Crippen LogP contribution in [0.4, 0.5) is 0 Å². The molecule has 0 aromatic heterocycles. The van der Waals surface area contributed by atoms with E-state index in [2.05, 4.69) is 36.5 Å². The van der Waals surface area contributed by atoms with E-state index in [1.165, 1.54) is 5.57 Å². The molecule has 0 saturated heterocycles. The first-order valence-corrected chi connectivity index (χ1v) is 5.63. The van der Waals surface area contributed by atoms with E-state index < -0.39 is 0 Å². The highest BCUT2D eigenvalue weighted by atomic mass is 35.5. The number of rotatable bonds is 1. The van der Waals surface area contributed by atoms with Crippen LogP contribution in [0, 0.1) is 5.92 Å². The van der Waals surface area contributed by atoms with E-state index in [9.17, 15) is 0 Å². The zero-order chi connectivity index (χ0) is 9.80. The fraction of sp³-hybridized carbons (Fsp3) is 0.385. The van der Waals surface area contributed by atoms with Crippen molar-refractivity contribution in [3.63, 3.8) is 0 Å². The van der Waals surface area contributed by atoms with Crippen LogP contribution in [0.2, 0.25) is 0 Å². The molecule has 2 aliphatic rings. The van der Waals surface area contributed by atoms with Crippen LogP contribution in [-0.2, 0) is 0 Å². The van der Waals surface area contributed by atoms with Crippen molar-refractivity contribution in [2.24, 2.45) is 5.92 Å². The van der Waals surface area contributed by atoms with Gasteiger partial charge in [0.2, 0.25) is 0 Å². The van der Waals surface area contributed by atoms with E-state index in [-0.39, 0.29) is 0 Å². The van der Waals surface area contributed by atoms with E-state index in [0.29, 0.717) is 5.92 Å². The third-order valence-corrected chi connectivity index (χ3v) is 3.21. The predicted molar refractivity (Wildman–Crippen MR) is 62.3 cm³/mol. The number of allylic oxidation sites excluding steroid dienone is 8. The fourth-order valence-electron chi connectivity index (χ4n) is 1.99. The van der Waals surface area contributed by atoms with Crippen LogP contribution in [0.5, 0.6) is 0 Å². The summed E-state index contributed by atoms with van der Waals surface area (Å²) in [6.07, 6.45) is 17.5. The molecule has 0 bridgehead atoms. The van der Waals surface area contributed by atoms with Gasteiger partial charge < -0.3 is 0 Å². The Kier molecular flexibility index (Phi) is 3.26. The summed E-state index contributed by atoms with van der Waals surface area (Å²) in [5.41, 5.74) is 1.42. The molecular weight excluding hydrogens is 192 g/mol. The van der Waals surface area contributed by atoms with Gasteiger partial charge in [-0.3, -0.25) is 0 Å². The molecule has 0 saturated carbocycles. The van der Waals surface area contributed by atoms with Gasteiger partial charge in [-0.05, 0) is 31.3 Å². The molecule has 0 aliphatic heterocycles. The monoisotopic (exact) mass is 206 g/mol. The average Bonchev–Trinajstić information content (AvgIpc) is 2.65. The maximum atomic E-state index is 6.32. The van der Waals surface area contributed by atoms with Gasteiger partial charge in [0, 0.05) is 11.0 Å². The Morgan fingerprint density at radius 3 is 2.36 bits per heavy atom. The Bertz CT molecular complexity index is 306. The highest BCUT2D eigenvalue weighted by molar-refractivity contribution is 6.30. The second kappa shape index (κ2) is 4.65. The first-order valence-electron chi connectivity index (χ1n) is 5.25. The van der Waals surface area contributed by atoms with Gasteiger partial charge in [0.25, 0.3) is 0 Å². The van der Waals surface area contributed by atoms with Crippen molar-refractivity contribution in [2.45, 2.75) is 25.7 Å². The van der Waals surface area contributed by atoms with Crippen LogP contribution >= 0.6 is 11.6 Å². The quantitative estimate of drug-likeness (QED) is 0.560. The molecule has 0 aromatic rings. The zero-order valence-corrected chi connectivity index (χ0v) is 9.00. The van der Waals surface area contributed by atoms with Crippen molar-refractivity contribution in [3.8, 4) is 0 Å². The third kappa shape index (κ3) is 2.19. The van der Waals surface area contributed by atoms with E-state index in [4.69, 9.17) is 11.6 Å². The van der Waals surface area contributed by atoms with E-state index in [1.807, 2.05) is 0 Å². The van der Waals surface area contributed by atoms with Crippen molar-refractivity contribution in [1.82, 2.24) is 0 Å². The average molecular weight is 207 g/mol. The van der Waals surface area contributed by atoms with E-state index in [0.717, 1.165) is 30.7 Å². The molecule has 0 heterocycles. The summed E-state index contributed by atoms with van der Waals surface area (Å²) in [5.74, 6) is 0.467. The van der Waals surface area contributed by atoms with Crippen LogP contribution in [0.3, 0.4) is 0 Å². The Morgan fingerprint density at radius 2 is 1.64 bits per heavy atom. The third-order valence-electron chi connectivity index (χ3n) is 2.78. The number of hydrogen-bond acceptors (Lipinski definition) is 0. The molecule has 1 heteroatoms. The smallest absolute Gasteiger partial charge is 0.0185 e. The molecule has 0 amide bonds. The summed E-state index contributed by atoms with van der Waals surface area (Å²) >= 11 is 6.32. The first kappa shape index (κ1) is 9.79. The van der Waals surface area contributed by atoms with Gasteiger partial charge in [0.15, 0.2) is 0 Å². The molecule has 2 rings (SSSR count). The summed E-state index contributed by atoms with van der Waals surface area (Å²) in [6, 6.07) is 0. The Balaban J connectivity index is 2.16. The van der Waals surface area contributed by atoms with Gasteiger partial charge >= 0.3 is 0 Å². The molecule has 0 nitrogen and oxygen atoms in total. The molecule has 14 heavy (non-hydrogen) atoms. The lowest BCUT2D eigenvalue weighted by Crippen LogP contribution is -2.00. The van der Waals surface area contributed by atoms with Crippen LogP contribution < -0.4 is 0 Å². The zero-order valence-electron chi connectivity index (χ0n) is 8.25. The minimum Gasteiger partial charge on any atom is -0.0892 e. The van der Waals surface area contributed by atoms with Gasteiger partial charge in [0.1, 0.15) is 0 Å². The van der Waals surface area contributed by atoms with E-state index in [1.54, 1.807) is 0 Å². The van der Waals surface area contributed by atoms with E-state index >= 15 is 0 Å². The second-order valence-electron chi connectivity index (χ2n) is 3.77. The highest BCUT2D eigenvalue weighted by Gasteiger charge is 2.14. The normalized spacial score (nSPS) is 22.9. The molecule has 0 N–H and O–H groups in total. The minimum absolute atomic E-state index is 0.467. The van der Waals surface area contributed by atoms with Crippen LogP contribution in [0.1, 0.15) is 25.7 Å². The summed E-state index contributed by atoms with van der Waals surface area (Å²) in [6.45, 7) is 0. The largest absolute Gasteiger partial charge is 0.0892 e. The van der Waals surface area contributed by atoms with Crippen molar-refractivity contribution < 1.29 is 0 Å². The molecule has 0 unspecified atom stereocenters. The molecule has 0 fully saturated rings. The van der Waals surface area contributed by atoms with Crippen molar-refractivity contribution in [1.29, 1.82) is 0 Å². The Hall–Kier alpha value is -0.750. The van der Waals surface area contributed by atoms with Crippen molar-refractivity contribution >= 4 is 11.6 Å². The van der Waals surface area contributed by atoms with Crippen LogP contribution in [-0.4, -0.2) is 0 Å².